The number of aromatic nitrogens is 3. The van der Waals surface area contributed by atoms with Crippen molar-refractivity contribution in [1.82, 2.24) is 14.8 Å². The number of furan rings is 1. The average Bonchev–Trinajstić information content (AvgIpc) is 3.43. The Bertz CT molecular complexity index is 1780. The number of hydrogen-bond donors (Lipinski definition) is 2. The largest absolute Gasteiger partial charge is 0.493 e. The van der Waals surface area contributed by atoms with Crippen molar-refractivity contribution in [2.45, 2.75) is 51.0 Å². The molecule has 0 atom stereocenters. The highest BCUT2D eigenvalue weighted by Crippen LogP contribution is 2.46. The van der Waals surface area contributed by atoms with Gasteiger partial charge < -0.3 is 23.6 Å². The summed E-state index contributed by atoms with van der Waals surface area (Å²) in [7, 11) is 1.58. The summed E-state index contributed by atoms with van der Waals surface area (Å²) >= 11 is 0. The van der Waals surface area contributed by atoms with Gasteiger partial charge in [-0.05, 0) is 42.7 Å². The monoisotopic (exact) mass is 515 g/mol. The van der Waals surface area contributed by atoms with E-state index in [0.29, 0.717) is 63.8 Å². The van der Waals surface area contributed by atoms with Gasteiger partial charge in [-0.25, -0.2) is 0 Å². The predicted molar refractivity (Wildman–Crippen MR) is 145 cm³/mol. The topological polar surface area (TPSA) is 111 Å². The number of hydrogen-bond acceptors (Lipinski definition) is 6. The van der Waals surface area contributed by atoms with Crippen LogP contribution in [0.15, 0.2) is 44.3 Å². The number of nitrogens with one attached hydrogen (secondary N) is 2. The lowest BCUT2D eigenvalue weighted by Gasteiger charge is -2.22. The summed E-state index contributed by atoms with van der Waals surface area (Å²) < 4.78 is 25.7. The Labute approximate surface area is 217 Å². The first kappa shape index (κ1) is 23.0. The molecular formula is C29H29N3O6. The van der Waals surface area contributed by atoms with Crippen LogP contribution in [0.5, 0.6) is 17.2 Å². The number of fused-ring (bicyclic) bond motifs is 5. The number of aromatic amines is 2. The molecule has 38 heavy (non-hydrogen) atoms. The standard InChI is InChI=1S/C29H29N3O6/c1-35-21-13-16(14-22-26(21)37-12-11-36-22)23-24-28(30-25-19-10-9-18(33)15-20(19)38-27(23)25)32(31-29(24)34)17-7-5-3-2-4-6-8-17/h9-10,13-15,17,30H,2-8,11-12H2,1H3,(H,31,34). The maximum Gasteiger partial charge on any atom is 0.274 e. The van der Waals surface area contributed by atoms with E-state index in [1.165, 1.54) is 31.4 Å². The van der Waals surface area contributed by atoms with Crippen molar-refractivity contribution < 1.29 is 18.6 Å². The van der Waals surface area contributed by atoms with Gasteiger partial charge in [-0.3, -0.25) is 19.4 Å². The quantitative estimate of drug-likeness (QED) is 0.321. The zero-order chi connectivity index (χ0) is 25.8. The van der Waals surface area contributed by atoms with E-state index >= 15 is 0 Å². The summed E-state index contributed by atoms with van der Waals surface area (Å²) in [5.74, 6) is 1.60. The van der Waals surface area contributed by atoms with Crippen LogP contribution in [0.4, 0.5) is 0 Å². The molecule has 0 amide bonds. The van der Waals surface area contributed by atoms with Gasteiger partial charge in [0.15, 0.2) is 22.5 Å². The molecule has 3 aromatic heterocycles. The van der Waals surface area contributed by atoms with Crippen molar-refractivity contribution in [3.63, 3.8) is 0 Å². The van der Waals surface area contributed by atoms with Crippen molar-refractivity contribution >= 4 is 33.1 Å². The highest BCUT2D eigenvalue weighted by molar-refractivity contribution is 6.14. The van der Waals surface area contributed by atoms with Gasteiger partial charge in [0.2, 0.25) is 5.75 Å². The molecule has 0 unspecified atom stereocenters. The van der Waals surface area contributed by atoms with Crippen molar-refractivity contribution in [2.75, 3.05) is 20.3 Å². The molecule has 1 aliphatic carbocycles. The minimum Gasteiger partial charge on any atom is -0.493 e. The minimum atomic E-state index is -0.200. The van der Waals surface area contributed by atoms with E-state index in [1.807, 2.05) is 16.8 Å². The Hall–Kier alpha value is -4.14. The third kappa shape index (κ3) is 3.60. The Morgan fingerprint density at radius 3 is 2.58 bits per heavy atom. The highest BCUT2D eigenvalue weighted by atomic mass is 16.6. The smallest absolute Gasteiger partial charge is 0.274 e. The van der Waals surface area contributed by atoms with Gasteiger partial charge in [-0.1, -0.05) is 32.1 Å². The number of rotatable bonds is 3. The lowest BCUT2D eigenvalue weighted by Crippen LogP contribution is -2.16. The Morgan fingerprint density at radius 1 is 0.974 bits per heavy atom. The predicted octanol–water partition coefficient (Wildman–Crippen LogP) is 5.65. The van der Waals surface area contributed by atoms with Crippen molar-refractivity contribution in [2.24, 2.45) is 0 Å². The molecule has 2 aliphatic rings. The van der Waals surface area contributed by atoms with Crippen LogP contribution in [0, 0.1) is 0 Å². The summed E-state index contributed by atoms with van der Waals surface area (Å²) in [5, 5.41) is 4.43. The lowest BCUT2D eigenvalue weighted by atomic mass is 9.96. The summed E-state index contributed by atoms with van der Waals surface area (Å²) in [5.41, 5.74) is 3.40. The maximum absolute atomic E-state index is 13.7. The molecule has 1 saturated carbocycles. The summed E-state index contributed by atoms with van der Waals surface area (Å²) in [6.07, 6.45) is 7.94. The molecule has 0 bridgehead atoms. The second-order valence-electron chi connectivity index (χ2n) is 10.2. The van der Waals surface area contributed by atoms with Gasteiger partial charge >= 0.3 is 0 Å². The molecule has 0 saturated heterocycles. The minimum absolute atomic E-state index is 0.138. The Balaban J connectivity index is 1.57. The molecule has 1 aliphatic heterocycles. The van der Waals surface area contributed by atoms with Crippen LogP contribution < -0.4 is 25.2 Å². The van der Waals surface area contributed by atoms with Crippen molar-refractivity contribution in [3.8, 4) is 28.4 Å². The first-order chi connectivity index (χ1) is 18.6. The molecule has 9 heteroatoms. The van der Waals surface area contributed by atoms with Gasteiger partial charge in [-0.2, -0.15) is 0 Å². The second-order valence-corrected chi connectivity index (χ2v) is 10.2. The van der Waals surface area contributed by atoms with Crippen LogP contribution in [0.2, 0.25) is 0 Å². The van der Waals surface area contributed by atoms with Gasteiger partial charge in [0.25, 0.3) is 5.56 Å². The highest BCUT2D eigenvalue weighted by Gasteiger charge is 2.27. The molecule has 4 heterocycles. The normalized spacial score (nSPS) is 16.7. The SMILES string of the molecule is COc1cc(-c2c3oc4cc(=O)ccc4c3[nH]c3c2c(=O)[nH]n3C2CCCCCCC2)cc2c1OCCO2. The third-order valence-corrected chi connectivity index (χ3v) is 7.87. The maximum atomic E-state index is 13.7. The molecule has 7 rings (SSSR count). The first-order valence-corrected chi connectivity index (χ1v) is 13.3. The van der Waals surface area contributed by atoms with E-state index < -0.39 is 0 Å². The molecule has 2 N–H and O–H groups in total. The average molecular weight is 516 g/mol. The second kappa shape index (κ2) is 9.01. The van der Waals surface area contributed by atoms with Gasteiger partial charge in [-0.15, -0.1) is 0 Å². The number of ether oxygens (including phenoxy) is 3. The Kier molecular flexibility index (Phi) is 5.45. The Morgan fingerprint density at radius 2 is 1.76 bits per heavy atom. The van der Waals surface area contributed by atoms with E-state index in [-0.39, 0.29) is 17.0 Å². The number of nitrogens with zero attached hydrogens (tertiary/aromatic N) is 1. The molecule has 5 aromatic rings. The molecule has 196 valence electrons. The zero-order valence-electron chi connectivity index (χ0n) is 21.2. The molecule has 1 fully saturated rings. The molecule has 0 radical (unpaired) electrons. The molecule has 9 nitrogen and oxygen atoms in total. The van der Waals surface area contributed by atoms with Crippen molar-refractivity contribution in [3.05, 3.63) is 50.9 Å². The van der Waals surface area contributed by atoms with Gasteiger partial charge in [0.05, 0.1) is 24.1 Å². The fraction of sp³-hybridized carbons (Fsp3) is 0.379. The van der Waals surface area contributed by atoms with Gasteiger partial charge in [0, 0.05) is 17.0 Å². The molecule has 2 aromatic carbocycles. The fourth-order valence-corrected chi connectivity index (χ4v) is 6.07. The molecule has 0 spiro atoms. The van der Waals surface area contributed by atoms with Crippen LogP contribution in [0.3, 0.4) is 0 Å². The van der Waals surface area contributed by atoms with Crippen molar-refractivity contribution in [1.29, 1.82) is 0 Å². The molecular weight excluding hydrogens is 486 g/mol. The number of H-pyrrole nitrogens is 2. The van der Waals surface area contributed by atoms with Crippen LogP contribution in [0.1, 0.15) is 51.0 Å². The number of methoxy groups -OCH3 is 1. The van der Waals surface area contributed by atoms with E-state index in [2.05, 4.69) is 10.1 Å². The lowest BCUT2D eigenvalue weighted by molar-refractivity contribution is 0.165. The third-order valence-electron chi connectivity index (χ3n) is 7.87. The van der Waals surface area contributed by atoms with Crippen LogP contribution in [0.25, 0.3) is 44.2 Å². The summed E-state index contributed by atoms with van der Waals surface area (Å²) in [6.45, 7) is 0.852. The van der Waals surface area contributed by atoms with Crippen LogP contribution in [-0.4, -0.2) is 35.1 Å². The van der Waals surface area contributed by atoms with E-state index in [1.54, 1.807) is 13.2 Å². The number of benzene rings is 2. The summed E-state index contributed by atoms with van der Waals surface area (Å²) in [6, 6.07) is 8.68. The first-order valence-electron chi connectivity index (χ1n) is 13.3. The fourth-order valence-electron chi connectivity index (χ4n) is 6.07. The van der Waals surface area contributed by atoms with Crippen LogP contribution in [-0.2, 0) is 0 Å². The number of pyridine rings is 1. The van der Waals surface area contributed by atoms with E-state index in [4.69, 9.17) is 18.6 Å². The van der Waals surface area contributed by atoms with Gasteiger partial charge in [0.1, 0.15) is 24.4 Å². The van der Waals surface area contributed by atoms with E-state index in [0.717, 1.165) is 36.6 Å². The van der Waals surface area contributed by atoms with Crippen LogP contribution >= 0.6 is 0 Å². The summed E-state index contributed by atoms with van der Waals surface area (Å²) in [4.78, 5) is 29.3. The zero-order valence-corrected chi connectivity index (χ0v) is 21.2. The van der Waals surface area contributed by atoms with E-state index in [9.17, 15) is 9.59 Å².